The van der Waals surface area contributed by atoms with E-state index < -0.39 is 0 Å². The molecule has 100 valence electrons. The number of nitrogens with two attached hydrogens (primary N) is 1. The molecule has 1 unspecified atom stereocenters. The Bertz CT molecular complexity index is 438. The SMILES string of the molecule is CC(CNc1ccc(Cl)cc1C(N)=S)C(C)(C)C. The molecule has 0 amide bonds. The van der Waals surface area contributed by atoms with Gasteiger partial charge in [-0.15, -0.1) is 0 Å². The lowest BCUT2D eigenvalue weighted by atomic mass is 9.82. The molecule has 2 nitrogen and oxygen atoms in total. The Balaban J connectivity index is 2.82. The van der Waals surface area contributed by atoms with Crippen LogP contribution < -0.4 is 11.1 Å². The summed E-state index contributed by atoms with van der Waals surface area (Å²) in [5, 5.41) is 4.05. The van der Waals surface area contributed by atoms with Crippen molar-refractivity contribution in [2.24, 2.45) is 17.1 Å². The van der Waals surface area contributed by atoms with Crippen molar-refractivity contribution < 1.29 is 0 Å². The van der Waals surface area contributed by atoms with Crippen LogP contribution in [0.1, 0.15) is 33.3 Å². The van der Waals surface area contributed by atoms with Gasteiger partial charge in [0, 0.05) is 22.8 Å². The summed E-state index contributed by atoms with van der Waals surface area (Å²) in [4.78, 5) is 0.364. The molecular formula is C14H21ClN2S. The van der Waals surface area contributed by atoms with E-state index in [1.165, 1.54) is 0 Å². The van der Waals surface area contributed by atoms with E-state index in [9.17, 15) is 0 Å². The maximum absolute atomic E-state index is 5.95. The molecule has 0 fully saturated rings. The zero-order valence-corrected chi connectivity index (χ0v) is 13.0. The van der Waals surface area contributed by atoms with Gasteiger partial charge < -0.3 is 11.1 Å². The summed E-state index contributed by atoms with van der Waals surface area (Å²) in [5.74, 6) is 0.535. The molecule has 0 aliphatic heterocycles. The van der Waals surface area contributed by atoms with Gasteiger partial charge in [0.15, 0.2) is 0 Å². The van der Waals surface area contributed by atoms with E-state index >= 15 is 0 Å². The number of benzene rings is 1. The first kappa shape index (κ1) is 15.3. The van der Waals surface area contributed by atoms with Crippen LogP contribution in [-0.2, 0) is 0 Å². The Labute approximate surface area is 120 Å². The molecule has 0 saturated carbocycles. The minimum Gasteiger partial charge on any atom is -0.389 e. The lowest BCUT2D eigenvalue weighted by Gasteiger charge is -2.28. The van der Waals surface area contributed by atoms with Crippen molar-refractivity contribution in [1.29, 1.82) is 0 Å². The molecule has 0 heterocycles. The second-order valence-electron chi connectivity index (χ2n) is 5.70. The number of hydrogen-bond acceptors (Lipinski definition) is 2. The lowest BCUT2D eigenvalue weighted by Crippen LogP contribution is -2.25. The highest BCUT2D eigenvalue weighted by molar-refractivity contribution is 7.80. The zero-order valence-electron chi connectivity index (χ0n) is 11.4. The summed E-state index contributed by atoms with van der Waals surface area (Å²) < 4.78 is 0. The van der Waals surface area contributed by atoms with Crippen molar-refractivity contribution in [2.75, 3.05) is 11.9 Å². The first-order valence-electron chi connectivity index (χ1n) is 6.05. The van der Waals surface area contributed by atoms with Crippen molar-refractivity contribution in [3.8, 4) is 0 Å². The van der Waals surface area contributed by atoms with Gasteiger partial charge in [0.2, 0.25) is 0 Å². The van der Waals surface area contributed by atoms with Gasteiger partial charge in [0.25, 0.3) is 0 Å². The molecule has 1 aromatic carbocycles. The van der Waals surface area contributed by atoms with Crippen molar-refractivity contribution in [3.05, 3.63) is 28.8 Å². The van der Waals surface area contributed by atoms with Gasteiger partial charge in [-0.25, -0.2) is 0 Å². The summed E-state index contributed by atoms with van der Waals surface area (Å²) >= 11 is 11.0. The van der Waals surface area contributed by atoms with Crippen LogP contribution in [0.2, 0.25) is 5.02 Å². The maximum atomic E-state index is 5.95. The summed E-state index contributed by atoms with van der Waals surface area (Å²) in [5.41, 5.74) is 7.73. The van der Waals surface area contributed by atoms with Gasteiger partial charge in [0.05, 0.1) is 0 Å². The number of thiocarbonyl (C=S) groups is 1. The molecule has 0 aromatic heterocycles. The first-order valence-corrected chi connectivity index (χ1v) is 6.83. The summed E-state index contributed by atoms with van der Waals surface area (Å²) in [6, 6.07) is 5.56. The van der Waals surface area contributed by atoms with Crippen LogP contribution in [0.25, 0.3) is 0 Å². The van der Waals surface area contributed by atoms with Gasteiger partial charge in [-0.1, -0.05) is 51.5 Å². The monoisotopic (exact) mass is 284 g/mol. The summed E-state index contributed by atoms with van der Waals surface area (Å²) in [6.45, 7) is 9.80. The third kappa shape index (κ3) is 4.14. The quantitative estimate of drug-likeness (QED) is 0.819. The second-order valence-corrected chi connectivity index (χ2v) is 6.58. The molecule has 1 rings (SSSR count). The third-order valence-electron chi connectivity index (χ3n) is 3.32. The average molecular weight is 285 g/mol. The topological polar surface area (TPSA) is 38.0 Å². The van der Waals surface area contributed by atoms with E-state index in [2.05, 4.69) is 33.0 Å². The van der Waals surface area contributed by atoms with Crippen molar-refractivity contribution in [3.63, 3.8) is 0 Å². The third-order valence-corrected chi connectivity index (χ3v) is 3.78. The standard InChI is InChI=1S/C14H21ClN2S/c1-9(14(2,3)4)8-17-12-6-5-10(15)7-11(12)13(16)18/h5-7,9,17H,8H2,1-4H3,(H2,16,18). The molecule has 4 heteroatoms. The van der Waals surface area contributed by atoms with Crippen LogP contribution in [-0.4, -0.2) is 11.5 Å². The lowest BCUT2D eigenvalue weighted by molar-refractivity contribution is 0.274. The Hall–Kier alpha value is -0.800. The Morgan fingerprint density at radius 2 is 2.06 bits per heavy atom. The molecule has 0 bridgehead atoms. The van der Waals surface area contributed by atoms with Gasteiger partial charge in [0.1, 0.15) is 4.99 Å². The van der Waals surface area contributed by atoms with Gasteiger partial charge >= 0.3 is 0 Å². The van der Waals surface area contributed by atoms with E-state index in [4.69, 9.17) is 29.6 Å². The molecule has 1 atom stereocenters. The molecule has 3 N–H and O–H groups in total. The second kappa shape index (κ2) is 5.89. The fourth-order valence-electron chi connectivity index (χ4n) is 1.44. The van der Waals surface area contributed by atoms with Crippen LogP contribution in [0.5, 0.6) is 0 Å². The molecule has 0 radical (unpaired) electrons. The van der Waals surface area contributed by atoms with Crippen LogP contribution in [0.4, 0.5) is 5.69 Å². The molecule has 1 aromatic rings. The minimum atomic E-state index is 0.267. The molecule has 0 spiro atoms. The van der Waals surface area contributed by atoms with E-state index in [1.54, 1.807) is 6.07 Å². The van der Waals surface area contributed by atoms with E-state index in [0.717, 1.165) is 17.8 Å². The van der Waals surface area contributed by atoms with Crippen molar-refractivity contribution in [2.45, 2.75) is 27.7 Å². The van der Waals surface area contributed by atoms with Crippen molar-refractivity contribution >= 4 is 34.5 Å². The Morgan fingerprint density at radius 1 is 1.44 bits per heavy atom. The van der Waals surface area contributed by atoms with Gasteiger partial charge in [-0.2, -0.15) is 0 Å². The van der Waals surface area contributed by atoms with E-state index in [0.29, 0.717) is 15.9 Å². The minimum absolute atomic E-state index is 0.267. The Morgan fingerprint density at radius 3 is 2.56 bits per heavy atom. The highest BCUT2D eigenvalue weighted by Crippen LogP contribution is 2.27. The fraction of sp³-hybridized carbons (Fsp3) is 0.500. The van der Waals surface area contributed by atoms with Crippen molar-refractivity contribution in [1.82, 2.24) is 0 Å². The largest absolute Gasteiger partial charge is 0.389 e. The highest BCUT2D eigenvalue weighted by atomic mass is 35.5. The van der Waals surface area contributed by atoms with Crippen LogP contribution in [0, 0.1) is 11.3 Å². The van der Waals surface area contributed by atoms with Gasteiger partial charge in [-0.3, -0.25) is 0 Å². The van der Waals surface area contributed by atoms with Crippen LogP contribution in [0.3, 0.4) is 0 Å². The molecule has 0 saturated heterocycles. The molecular weight excluding hydrogens is 264 g/mol. The normalized spacial score (nSPS) is 13.2. The Kier molecular flexibility index (Phi) is 5.00. The predicted molar refractivity (Wildman–Crippen MR) is 84.4 cm³/mol. The number of nitrogens with one attached hydrogen (secondary N) is 1. The summed E-state index contributed by atoms with van der Waals surface area (Å²) in [6.07, 6.45) is 0. The zero-order chi connectivity index (χ0) is 13.9. The van der Waals surface area contributed by atoms with Crippen LogP contribution in [0.15, 0.2) is 18.2 Å². The average Bonchev–Trinajstić information content (AvgIpc) is 2.25. The van der Waals surface area contributed by atoms with E-state index in [1.807, 2.05) is 12.1 Å². The molecule has 18 heavy (non-hydrogen) atoms. The summed E-state index contributed by atoms with van der Waals surface area (Å²) in [7, 11) is 0. The highest BCUT2D eigenvalue weighted by Gasteiger charge is 2.19. The predicted octanol–water partition coefficient (Wildman–Crippen LogP) is 4.07. The first-order chi connectivity index (χ1) is 8.21. The fourth-order valence-corrected chi connectivity index (χ4v) is 1.78. The number of anilines is 1. The number of halogens is 1. The van der Waals surface area contributed by atoms with Gasteiger partial charge in [-0.05, 0) is 29.5 Å². The van der Waals surface area contributed by atoms with Crippen LogP contribution >= 0.6 is 23.8 Å². The molecule has 0 aliphatic rings. The van der Waals surface area contributed by atoms with E-state index in [-0.39, 0.29) is 5.41 Å². The number of rotatable bonds is 4. The smallest absolute Gasteiger partial charge is 0.106 e. The molecule has 0 aliphatic carbocycles. The number of hydrogen-bond donors (Lipinski definition) is 2. The maximum Gasteiger partial charge on any atom is 0.106 e.